The van der Waals surface area contributed by atoms with Crippen LogP contribution in [0.15, 0.2) is 109 Å². The second-order valence-electron chi connectivity index (χ2n) is 7.62. The van der Waals surface area contributed by atoms with E-state index in [4.69, 9.17) is 11.6 Å². The number of para-hydroxylation sites is 1. The molecule has 1 nitrogen and oxygen atoms in total. The lowest BCUT2D eigenvalue weighted by Gasteiger charge is -2.10. The number of nitrogens with zero attached hydrogens (tertiary/aromatic N) is 1. The smallest absolute Gasteiger partial charge is 0.0541 e. The van der Waals surface area contributed by atoms with Gasteiger partial charge in [0.2, 0.25) is 0 Å². The zero-order valence-electron chi connectivity index (χ0n) is 16.2. The van der Waals surface area contributed by atoms with Crippen molar-refractivity contribution >= 4 is 44.2 Å². The molecule has 5 aromatic carbocycles. The third-order valence-corrected chi connectivity index (χ3v) is 6.09. The van der Waals surface area contributed by atoms with Crippen LogP contribution in [0.4, 0.5) is 0 Å². The van der Waals surface area contributed by atoms with Crippen LogP contribution in [0, 0.1) is 0 Å². The maximum Gasteiger partial charge on any atom is 0.0541 e. The number of aromatic nitrogens is 1. The standard InChI is InChI=1S/C28H18ClN/c29-23-13-9-20(10-14-23)22-12-16-28-26(18-22)25-7-3-4-8-27(25)30(28)24-15-11-19-5-1-2-6-21(19)17-24/h1-18H. The summed E-state index contributed by atoms with van der Waals surface area (Å²) >= 11 is 6.08. The van der Waals surface area contributed by atoms with Crippen LogP contribution in [0.1, 0.15) is 0 Å². The monoisotopic (exact) mass is 403 g/mol. The fourth-order valence-corrected chi connectivity index (χ4v) is 4.51. The SMILES string of the molecule is Clc1ccc(-c2ccc3c(c2)c2ccccc2n3-c2ccc3ccccc3c2)cc1. The molecule has 0 aliphatic heterocycles. The first kappa shape index (κ1) is 17.3. The van der Waals surface area contributed by atoms with E-state index in [-0.39, 0.29) is 0 Å². The van der Waals surface area contributed by atoms with Gasteiger partial charge >= 0.3 is 0 Å². The third kappa shape index (κ3) is 2.71. The summed E-state index contributed by atoms with van der Waals surface area (Å²) in [5, 5.41) is 5.78. The molecule has 6 aromatic rings. The minimum atomic E-state index is 0.757. The van der Waals surface area contributed by atoms with E-state index >= 15 is 0 Å². The molecule has 0 fully saturated rings. The van der Waals surface area contributed by atoms with Crippen LogP contribution in [0.5, 0.6) is 0 Å². The molecule has 0 unspecified atom stereocenters. The molecule has 6 rings (SSSR count). The van der Waals surface area contributed by atoms with Crippen LogP contribution in [-0.2, 0) is 0 Å². The van der Waals surface area contributed by atoms with Crippen LogP contribution in [0.3, 0.4) is 0 Å². The number of halogens is 1. The number of benzene rings is 5. The molecule has 0 atom stereocenters. The normalized spacial score (nSPS) is 11.5. The molecular weight excluding hydrogens is 386 g/mol. The largest absolute Gasteiger partial charge is 0.309 e. The molecule has 0 aliphatic carbocycles. The van der Waals surface area contributed by atoms with Crippen LogP contribution >= 0.6 is 11.6 Å². The van der Waals surface area contributed by atoms with Gasteiger partial charge in [-0.05, 0) is 64.4 Å². The minimum Gasteiger partial charge on any atom is -0.309 e. The average molecular weight is 404 g/mol. The molecular formula is C28H18ClN. The molecule has 0 saturated heterocycles. The van der Waals surface area contributed by atoms with Crippen molar-refractivity contribution in [2.75, 3.05) is 0 Å². The topological polar surface area (TPSA) is 4.93 Å². The molecule has 0 aliphatic rings. The van der Waals surface area contributed by atoms with Gasteiger partial charge in [0.05, 0.1) is 11.0 Å². The van der Waals surface area contributed by atoms with Gasteiger partial charge in [-0.2, -0.15) is 0 Å². The van der Waals surface area contributed by atoms with Crippen LogP contribution in [0.25, 0.3) is 49.4 Å². The van der Waals surface area contributed by atoms with E-state index in [1.165, 1.54) is 49.4 Å². The quantitative estimate of drug-likeness (QED) is 0.274. The second kappa shape index (κ2) is 6.76. The van der Waals surface area contributed by atoms with Crippen molar-refractivity contribution in [3.8, 4) is 16.8 Å². The molecule has 0 N–H and O–H groups in total. The number of hydrogen-bond acceptors (Lipinski definition) is 0. The Morgan fingerprint density at radius 3 is 2.07 bits per heavy atom. The van der Waals surface area contributed by atoms with Crippen LogP contribution in [0.2, 0.25) is 5.02 Å². The first-order chi connectivity index (χ1) is 14.8. The maximum atomic E-state index is 6.08. The van der Waals surface area contributed by atoms with E-state index in [1.807, 2.05) is 12.1 Å². The van der Waals surface area contributed by atoms with Gasteiger partial charge in [-0.25, -0.2) is 0 Å². The van der Waals surface area contributed by atoms with Gasteiger partial charge in [0, 0.05) is 21.5 Å². The molecule has 2 heteroatoms. The van der Waals surface area contributed by atoms with E-state index in [0.29, 0.717) is 0 Å². The van der Waals surface area contributed by atoms with E-state index in [1.54, 1.807) is 0 Å². The summed E-state index contributed by atoms with van der Waals surface area (Å²) in [5.41, 5.74) is 5.98. The van der Waals surface area contributed by atoms with Crippen molar-refractivity contribution in [2.24, 2.45) is 0 Å². The van der Waals surface area contributed by atoms with Crippen molar-refractivity contribution in [1.82, 2.24) is 4.57 Å². The molecule has 0 saturated carbocycles. The third-order valence-electron chi connectivity index (χ3n) is 5.84. The zero-order chi connectivity index (χ0) is 20.1. The van der Waals surface area contributed by atoms with E-state index in [2.05, 4.69) is 102 Å². The van der Waals surface area contributed by atoms with E-state index in [9.17, 15) is 0 Å². The molecule has 30 heavy (non-hydrogen) atoms. The fraction of sp³-hybridized carbons (Fsp3) is 0. The van der Waals surface area contributed by atoms with E-state index < -0.39 is 0 Å². The number of hydrogen-bond donors (Lipinski definition) is 0. The molecule has 0 amide bonds. The highest BCUT2D eigenvalue weighted by molar-refractivity contribution is 6.30. The highest BCUT2D eigenvalue weighted by Crippen LogP contribution is 2.35. The Morgan fingerprint density at radius 2 is 1.20 bits per heavy atom. The van der Waals surface area contributed by atoms with Gasteiger partial charge in [0.15, 0.2) is 0 Å². The van der Waals surface area contributed by atoms with Crippen molar-refractivity contribution in [1.29, 1.82) is 0 Å². The summed E-state index contributed by atoms with van der Waals surface area (Å²) in [5.74, 6) is 0. The Kier molecular flexibility index (Phi) is 3.90. The summed E-state index contributed by atoms with van der Waals surface area (Å²) in [7, 11) is 0. The molecule has 0 bridgehead atoms. The summed E-state index contributed by atoms with van der Waals surface area (Å²) in [6.45, 7) is 0. The summed E-state index contributed by atoms with van der Waals surface area (Å²) in [6.07, 6.45) is 0. The minimum absolute atomic E-state index is 0.757. The first-order valence-corrected chi connectivity index (χ1v) is 10.4. The Hall–Kier alpha value is -3.55. The average Bonchev–Trinajstić information content (AvgIpc) is 3.13. The highest BCUT2D eigenvalue weighted by Gasteiger charge is 2.13. The van der Waals surface area contributed by atoms with Gasteiger partial charge in [-0.3, -0.25) is 0 Å². The predicted molar refractivity (Wildman–Crippen MR) is 129 cm³/mol. The van der Waals surface area contributed by atoms with Gasteiger partial charge in [-0.1, -0.05) is 78.3 Å². The Balaban J connectivity index is 1.64. The lowest BCUT2D eigenvalue weighted by atomic mass is 10.0. The summed E-state index contributed by atoms with van der Waals surface area (Å²) in [4.78, 5) is 0. The van der Waals surface area contributed by atoms with Gasteiger partial charge in [0.1, 0.15) is 0 Å². The first-order valence-electron chi connectivity index (χ1n) is 10.1. The Morgan fingerprint density at radius 1 is 0.500 bits per heavy atom. The van der Waals surface area contributed by atoms with E-state index in [0.717, 1.165) is 5.02 Å². The fourth-order valence-electron chi connectivity index (χ4n) is 4.39. The van der Waals surface area contributed by atoms with Crippen LogP contribution < -0.4 is 0 Å². The van der Waals surface area contributed by atoms with Crippen molar-refractivity contribution in [3.63, 3.8) is 0 Å². The van der Waals surface area contributed by atoms with Gasteiger partial charge in [-0.15, -0.1) is 0 Å². The molecule has 1 heterocycles. The van der Waals surface area contributed by atoms with Crippen LogP contribution in [-0.4, -0.2) is 4.57 Å². The van der Waals surface area contributed by atoms with Crippen molar-refractivity contribution in [3.05, 3.63) is 114 Å². The van der Waals surface area contributed by atoms with Gasteiger partial charge < -0.3 is 4.57 Å². The highest BCUT2D eigenvalue weighted by atomic mass is 35.5. The summed E-state index contributed by atoms with van der Waals surface area (Å²) in [6, 6.07) is 38.6. The summed E-state index contributed by atoms with van der Waals surface area (Å²) < 4.78 is 2.36. The molecule has 142 valence electrons. The lowest BCUT2D eigenvalue weighted by Crippen LogP contribution is -1.93. The Bertz CT molecular complexity index is 1540. The Labute approximate surface area is 179 Å². The van der Waals surface area contributed by atoms with Gasteiger partial charge in [0.25, 0.3) is 0 Å². The number of rotatable bonds is 2. The molecule has 0 spiro atoms. The van der Waals surface area contributed by atoms with Crippen molar-refractivity contribution < 1.29 is 0 Å². The lowest BCUT2D eigenvalue weighted by molar-refractivity contribution is 1.19. The molecule has 1 aromatic heterocycles. The molecule has 0 radical (unpaired) electrons. The predicted octanol–water partition coefficient (Wildman–Crippen LogP) is 8.26. The van der Waals surface area contributed by atoms with Crippen molar-refractivity contribution in [2.45, 2.75) is 0 Å². The maximum absolute atomic E-state index is 6.08. The number of fused-ring (bicyclic) bond motifs is 4. The second-order valence-corrected chi connectivity index (χ2v) is 8.06. The zero-order valence-corrected chi connectivity index (χ0v) is 17.0.